The van der Waals surface area contributed by atoms with Gasteiger partial charge in [0.25, 0.3) is 0 Å². The van der Waals surface area contributed by atoms with Crippen molar-refractivity contribution in [3.05, 3.63) is 41.5 Å². The maximum absolute atomic E-state index is 13.0. The lowest BCUT2D eigenvalue weighted by molar-refractivity contribution is -0.134. The molecular formula is C28H47N3O. The second-order valence-electron chi connectivity index (χ2n) is 11.5. The highest BCUT2D eigenvalue weighted by molar-refractivity contribution is 5.81. The number of nitrogens with zero attached hydrogens (tertiary/aromatic N) is 2. The average Bonchev–Trinajstić information content (AvgIpc) is 2.71. The number of benzene rings is 1. The fourth-order valence-electron chi connectivity index (χ4n) is 4.37. The van der Waals surface area contributed by atoms with E-state index in [1.165, 1.54) is 23.2 Å². The molecule has 1 saturated heterocycles. The number of nitrogens with two attached hydrogens (primary N) is 1. The van der Waals surface area contributed by atoms with Crippen LogP contribution in [0.15, 0.2) is 35.9 Å². The molecule has 0 radical (unpaired) electrons. The van der Waals surface area contributed by atoms with Crippen molar-refractivity contribution >= 4 is 11.6 Å². The van der Waals surface area contributed by atoms with Crippen LogP contribution in [0.2, 0.25) is 0 Å². The molecule has 1 fully saturated rings. The summed E-state index contributed by atoms with van der Waals surface area (Å²) in [7, 11) is 0. The highest BCUT2D eigenvalue weighted by atomic mass is 16.2. The first-order chi connectivity index (χ1) is 15.0. The lowest BCUT2D eigenvalue weighted by Gasteiger charge is -2.41. The quantitative estimate of drug-likeness (QED) is 0.493. The van der Waals surface area contributed by atoms with E-state index in [0.717, 1.165) is 45.3 Å². The number of carbonyl (C=O) groups excluding carboxylic acids is 1. The molecule has 2 N–H and O–H groups in total. The van der Waals surface area contributed by atoms with Gasteiger partial charge < -0.3 is 15.5 Å². The molecule has 0 spiro atoms. The van der Waals surface area contributed by atoms with Gasteiger partial charge in [-0.3, -0.25) is 4.79 Å². The molecule has 0 aromatic heterocycles. The fraction of sp³-hybridized carbons (Fsp3) is 0.679. The van der Waals surface area contributed by atoms with Crippen molar-refractivity contribution < 1.29 is 4.79 Å². The Kier molecular flexibility index (Phi) is 9.82. The summed E-state index contributed by atoms with van der Waals surface area (Å²) in [6, 6.07) is 9.02. The number of likely N-dealkylation sites (tertiary alicyclic amines) is 1. The van der Waals surface area contributed by atoms with E-state index in [2.05, 4.69) is 83.7 Å². The van der Waals surface area contributed by atoms with Gasteiger partial charge in [0.1, 0.15) is 0 Å². The molecule has 1 aliphatic heterocycles. The molecule has 0 bridgehead atoms. The number of allylic oxidation sites excluding steroid dienone is 1. The Morgan fingerprint density at radius 2 is 1.88 bits per heavy atom. The Morgan fingerprint density at radius 3 is 2.44 bits per heavy atom. The predicted octanol–water partition coefficient (Wildman–Crippen LogP) is 5.80. The minimum absolute atomic E-state index is 0.114. The largest absolute Gasteiger partial charge is 0.363 e. The number of hydrogen-bond donors (Lipinski definition) is 1. The van der Waals surface area contributed by atoms with Crippen LogP contribution in [0.4, 0.5) is 5.69 Å². The van der Waals surface area contributed by atoms with Crippen molar-refractivity contribution in [3.8, 4) is 0 Å². The van der Waals surface area contributed by atoms with Crippen LogP contribution in [0, 0.1) is 11.3 Å². The molecule has 1 amide bonds. The molecule has 1 aromatic rings. The van der Waals surface area contributed by atoms with E-state index < -0.39 is 0 Å². The van der Waals surface area contributed by atoms with Gasteiger partial charge in [-0.1, -0.05) is 58.4 Å². The smallest absolute Gasteiger partial charge is 0.239 e. The van der Waals surface area contributed by atoms with Gasteiger partial charge in [-0.05, 0) is 75.0 Å². The number of hydrogen-bond acceptors (Lipinski definition) is 3. The van der Waals surface area contributed by atoms with Gasteiger partial charge in [0.05, 0.1) is 6.04 Å². The first-order valence-electron chi connectivity index (χ1n) is 12.5. The highest BCUT2D eigenvalue weighted by Gasteiger charge is 2.30. The van der Waals surface area contributed by atoms with Gasteiger partial charge in [-0.2, -0.15) is 0 Å². The molecule has 2 atom stereocenters. The SMILES string of the molecule is CC(C)=CCN(c1ccc(CCC(C)(C)C)cc1)C1CCCN(C(=O)[C@@H](N)CC(C)C)C1. The van der Waals surface area contributed by atoms with Gasteiger partial charge in [0.2, 0.25) is 5.91 Å². The number of aryl methyl sites for hydroxylation is 1. The Bertz CT molecular complexity index is 741. The summed E-state index contributed by atoms with van der Waals surface area (Å²) in [6.07, 6.45) is 7.46. The molecule has 2 rings (SSSR count). The van der Waals surface area contributed by atoms with E-state index in [1.807, 2.05) is 4.90 Å². The maximum Gasteiger partial charge on any atom is 0.239 e. The zero-order valence-corrected chi connectivity index (χ0v) is 21.7. The second-order valence-corrected chi connectivity index (χ2v) is 11.5. The average molecular weight is 442 g/mol. The van der Waals surface area contributed by atoms with E-state index in [1.54, 1.807) is 0 Å². The van der Waals surface area contributed by atoms with Crippen molar-refractivity contribution in [1.82, 2.24) is 4.90 Å². The van der Waals surface area contributed by atoms with Crippen molar-refractivity contribution in [3.63, 3.8) is 0 Å². The topological polar surface area (TPSA) is 49.6 Å². The van der Waals surface area contributed by atoms with Gasteiger partial charge in [0.15, 0.2) is 0 Å². The third-order valence-corrected chi connectivity index (χ3v) is 6.32. The Morgan fingerprint density at radius 1 is 1.22 bits per heavy atom. The van der Waals surface area contributed by atoms with E-state index >= 15 is 0 Å². The molecule has 1 aliphatic rings. The zero-order chi connectivity index (χ0) is 23.9. The van der Waals surface area contributed by atoms with Crippen molar-refractivity contribution in [2.24, 2.45) is 17.1 Å². The van der Waals surface area contributed by atoms with Crippen LogP contribution in [0.3, 0.4) is 0 Å². The first kappa shape index (κ1) is 26.4. The summed E-state index contributed by atoms with van der Waals surface area (Å²) in [5.74, 6) is 0.545. The molecule has 1 heterocycles. The monoisotopic (exact) mass is 441 g/mol. The van der Waals surface area contributed by atoms with E-state index in [-0.39, 0.29) is 11.9 Å². The number of piperidine rings is 1. The molecule has 1 aromatic carbocycles. The van der Waals surface area contributed by atoms with Crippen LogP contribution in [-0.4, -0.2) is 42.5 Å². The van der Waals surface area contributed by atoms with Gasteiger partial charge in [0, 0.05) is 31.4 Å². The molecule has 0 saturated carbocycles. The number of carbonyl (C=O) groups is 1. The first-order valence-corrected chi connectivity index (χ1v) is 12.5. The normalized spacial score (nSPS) is 17.9. The summed E-state index contributed by atoms with van der Waals surface area (Å²) >= 11 is 0. The van der Waals surface area contributed by atoms with Crippen LogP contribution in [0.5, 0.6) is 0 Å². The lowest BCUT2D eigenvalue weighted by Crippen LogP contribution is -2.54. The van der Waals surface area contributed by atoms with Crippen LogP contribution >= 0.6 is 0 Å². The second kappa shape index (κ2) is 11.9. The summed E-state index contributed by atoms with van der Waals surface area (Å²) in [4.78, 5) is 17.5. The number of rotatable bonds is 9. The Hall–Kier alpha value is -1.81. The molecule has 180 valence electrons. The zero-order valence-electron chi connectivity index (χ0n) is 21.7. The summed E-state index contributed by atoms with van der Waals surface area (Å²) < 4.78 is 0. The van der Waals surface area contributed by atoms with Gasteiger partial charge in [-0.15, -0.1) is 0 Å². The van der Waals surface area contributed by atoms with Crippen molar-refractivity contribution in [2.45, 2.75) is 92.7 Å². The molecule has 32 heavy (non-hydrogen) atoms. The summed E-state index contributed by atoms with van der Waals surface area (Å²) in [6.45, 7) is 17.9. The molecule has 4 nitrogen and oxygen atoms in total. The molecule has 4 heteroatoms. The fourth-order valence-corrected chi connectivity index (χ4v) is 4.37. The number of anilines is 1. The Labute approximate surface area is 197 Å². The van der Waals surface area contributed by atoms with Crippen LogP contribution in [0.1, 0.15) is 79.7 Å². The molecule has 1 unspecified atom stereocenters. The Balaban J connectivity index is 2.15. The van der Waals surface area contributed by atoms with Gasteiger partial charge >= 0.3 is 0 Å². The minimum Gasteiger partial charge on any atom is -0.363 e. The predicted molar refractivity (Wildman–Crippen MR) is 138 cm³/mol. The molecular weight excluding hydrogens is 394 g/mol. The summed E-state index contributed by atoms with van der Waals surface area (Å²) in [5, 5.41) is 0. The van der Waals surface area contributed by atoms with Crippen LogP contribution in [-0.2, 0) is 11.2 Å². The lowest BCUT2D eigenvalue weighted by atomic mass is 9.88. The van der Waals surface area contributed by atoms with Crippen molar-refractivity contribution in [1.29, 1.82) is 0 Å². The standard InChI is InChI=1S/C28H47N3O/c1-21(2)15-18-31(24-12-10-23(11-13-24)14-16-28(5,6)7)25-9-8-17-30(20-25)27(32)26(29)19-22(3)4/h10-13,15,22,25-26H,8-9,14,16-20,29H2,1-7H3/t25?,26-/m0/s1. The summed E-state index contributed by atoms with van der Waals surface area (Å²) in [5.41, 5.74) is 10.5. The number of amides is 1. The highest BCUT2D eigenvalue weighted by Crippen LogP contribution is 2.26. The maximum atomic E-state index is 13.0. The molecule has 0 aliphatic carbocycles. The minimum atomic E-state index is -0.387. The van der Waals surface area contributed by atoms with Crippen LogP contribution < -0.4 is 10.6 Å². The van der Waals surface area contributed by atoms with Crippen molar-refractivity contribution in [2.75, 3.05) is 24.5 Å². The van der Waals surface area contributed by atoms with E-state index in [0.29, 0.717) is 17.4 Å². The third kappa shape index (κ3) is 8.61. The van der Waals surface area contributed by atoms with Gasteiger partial charge in [-0.25, -0.2) is 0 Å². The third-order valence-electron chi connectivity index (χ3n) is 6.32. The van der Waals surface area contributed by atoms with E-state index in [9.17, 15) is 4.79 Å². The van der Waals surface area contributed by atoms with E-state index in [4.69, 9.17) is 5.73 Å². The van der Waals surface area contributed by atoms with Crippen LogP contribution in [0.25, 0.3) is 0 Å².